The second-order valence-electron chi connectivity index (χ2n) is 7.69. The highest BCUT2D eigenvalue weighted by Crippen LogP contribution is 2.29. The zero-order chi connectivity index (χ0) is 22.4. The molecule has 1 saturated heterocycles. The first-order valence-corrected chi connectivity index (χ1v) is 12.2. The smallest absolute Gasteiger partial charge is 0.262 e. The van der Waals surface area contributed by atoms with Crippen LogP contribution in [-0.4, -0.2) is 38.3 Å². The molecule has 1 aliphatic rings. The molecule has 0 saturated carbocycles. The van der Waals surface area contributed by atoms with Crippen LogP contribution in [0.3, 0.4) is 0 Å². The van der Waals surface area contributed by atoms with E-state index in [0.29, 0.717) is 24.5 Å². The lowest BCUT2D eigenvalue weighted by Gasteiger charge is -2.26. The van der Waals surface area contributed by atoms with Crippen LogP contribution in [0.5, 0.6) is 5.75 Å². The van der Waals surface area contributed by atoms with Gasteiger partial charge in [0.05, 0.1) is 4.90 Å². The van der Waals surface area contributed by atoms with Gasteiger partial charge in [0.2, 0.25) is 10.0 Å². The first-order chi connectivity index (χ1) is 15.5. The summed E-state index contributed by atoms with van der Waals surface area (Å²) in [6, 6.07) is 23.7. The molecule has 7 heteroatoms. The van der Waals surface area contributed by atoms with Crippen molar-refractivity contribution < 1.29 is 17.9 Å². The monoisotopic (exact) mass is 450 g/mol. The molecule has 0 atom stereocenters. The van der Waals surface area contributed by atoms with E-state index < -0.39 is 10.0 Å². The first kappa shape index (κ1) is 22.0. The molecule has 0 bridgehead atoms. The maximum absolute atomic E-state index is 12.9. The van der Waals surface area contributed by atoms with Crippen molar-refractivity contribution in [2.45, 2.75) is 24.2 Å². The van der Waals surface area contributed by atoms with Gasteiger partial charge >= 0.3 is 0 Å². The number of para-hydroxylation sites is 1. The lowest BCUT2D eigenvalue weighted by molar-refractivity contribution is -0.118. The Kier molecular flexibility index (Phi) is 6.87. The van der Waals surface area contributed by atoms with Crippen LogP contribution in [-0.2, 0) is 14.8 Å². The second-order valence-corrected chi connectivity index (χ2v) is 9.63. The van der Waals surface area contributed by atoms with Crippen molar-refractivity contribution in [2.75, 3.05) is 25.0 Å². The van der Waals surface area contributed by atoms with Crippen molar-refractivity contribution in [1.29, 1.82) is 0 Å². The van der Waals surface area contributed by atoms with Gasteiger partial charge in [-0.3, -0.25) is 4.79 Å². The number of hydrogen-bond acceptors (Lipinski definition) is 4. The van der Waals surface area contributed by atoms with Crippen LogP contribution in [0, 0.1) is 0 Å². The molecular weight excluding hydrogens is 424 g/mol. The summed E-state index contributed by atoms with van der Waals surface area (Å²) in [5.41, 5.74) is 2.32. The minimum absolute atomic E-state index is 0.188. The number of nitrogens with one attached hydrogen (secondary N) is 1. The van der Waals surface area contributed by atoms with E-state index in [0.717, 1.165) is 30.4 Å². The molecule has 1 amide bonds. The van der Waals surface area contributed by atoms with Crippen molar-refractivity contribution >= 4 is 21.6 Å². The Hall–Kier alpha value is -3.16. The fourth-order valence-electron chi connectivity index (χ4n) is 3.78. The van der Waals surface area contributed by atoms with Crippen LogP contribution in [0.2, 0.25) is 0 Å². The average molecular weight is 451 g/mol. The quantitative estimate of drug-likeness (QED) is 0.573. The van der Waals surface area contributed by atoms with Crippen molar-refractivity contribution in [3.8, 4) is 16.9 Å². The molecule has 3 aromatic carbocycles. The molecule has 6 nitrogen and oxygen atoms in total. The summed E-state index contributed by atoms with van der Waals surface area (Å²) in [6.45, 7) is 0.883. The number of amides is 1. The molecular formula is C25H26N2O4S. The number of piperidine rings is 1. The van der Waals surface area contributed by atoms with Gasteiger partial charge in [-0.05, 0) is 42.7 Å². The molecule has 0 radical (unpaired) electrons. The van der Waals surface area contributed by atoms with Gasteiger partial charge in [-0.15, -0.1) is 0 Å². The standard InChI is InChI=1S/C25H26N2O4S/c28-25(19-31-24-15-6-5-14-23(24)20-10-3-1-4-11-20)26-21-12-9-13-22(18-21)32(29,30)27-16-7-2-8-17-27/h1,3-6,9-15,18H,2,7-8,16-17,19H2,(H,26,28). The maximum Gasteiger partial charge on any atom is 0.262 e. The third-order valence-electron chi connectivity index (χ3n) is 5.40. The Morgan fingerprint density at radius 3 is 2.38 bits per heavy atom. The van der Waals surface area contributed by atoms with E-state index in [1.165, 1.54) is 10.4 Å². The highest BCUT2D eigenvalue weighted by atomic mass is 32.2. The summed E-state index contributed by atoms with van der Waals surface area (Å²) in [5, 5.41) is 2.74. The Morgan fingerprint density at radius 1 is 0.875 bits per heavy atom. The van der Waals surface area contributed by atoms with Crippen molar-refractivity contribution in [2.24, 2.45) is 0 Å². The lowest BCUT2D eigenvalue weighted by atomic mass is 10.1. The molecule has 0 aliphatic carbocycles. The number of hydrogen-bond donors (Lipinski definition) is 1. The van der Waals surface area contributed by atoms with Gasteiger partial charge in [0.15, 0.2) is 6.61 Å². The molecule has 0 spiro atoms. The highest BCUT2D eigenvalue weighted by Gasteiger charge is 2.26. The predicted octanol–water partition coefficient (Wildman–Crippen LogP) is 4.55. The molecule has 1 fully saturated rings. The zero-order valence-electron chi connectivity index (χ0n) is 17.7. The minimum atomic E-state index is -3.56. The molecule has 1 aliphatic heterocycles. The van der Waals surface area contributed by atoms with Crippen LogP contribution in [0.4, 0.5) is 5.69 Å². The number of carbonyl (C=O) groups excluding carboxylic acids is 1. The fraction of sp³-hybridized carbons (Fsp3) is 0.240. The van der Waals surface area contributed by atoms with Crippen LogP contribution >= 0.6 is 0 Å². The van der Waals surface area contributed by atoms with E-state index in [2.05, 4.69) is 5.32 Å². The Bertz CT molecular complexity index is 1170. The molecule has 32 heavy (non-hydrogen) atoms. The van der Waals surface area contributed by atoms with Gasteiger partial charge in [-0.1, -0.05) is 61.0 Å². The third kappa shape index (κ3) is 5.18. The highest BCUT2D eigenvalue weighted by molar-refractivity contribution is 7.89. The van der Waals surface area contributed by atoms with Crippen molar-refractivity contribution in [1.82, 2.24) is 4.31 Å². The van der Waals surface area contributed by atoms with Crippen molar-refractivity contribution in [3.63, 3.8) is 0 Å². The number of sulfonamides is 1. The van der Waals surface area contributed by atoms with Gasteiger partial charge in [0.1, 0.15) is 5.75 Å². The maximum atomic E-state index is 12.9. The Labute approximate surface area is 188 Å². The molecule has 0 unspecified atom stereocenters. The van der Waals surface area contributed by atoms with Gasteiger partial charge in [0.25, 0.3) is 5.91 Å². The first-order valence-electron chi connectivity index (χ1n) is 10.7. The molecule has 3 aromatic rings. The van der Waals surface area contributed by atoms with Gasteiger partial charge in [-0.25, -0.2) is 8.42 Å². The van der Waals surface area contributed by atoms with Crippen LogP contribution < -0.4 is 10.1 Å². The molecule has 4 rings (SSSR count). The van der Waals surface area contributed by atoms with E-state index in [9.17, 15) is 13.2 Å². The molecule has 1 heterocycles. The number of rotatable bonds is 7. The molecule has 0 aromatic heterocycles. The van der Waals surface area contributed by atoms with Crippen LogP contribution in [0.25, 0.3) is 11.1 Å². The zero-order valence-corrected chi connectivity index (χ0v) is 18.6. The van der Waals surface area contributed by atoms with Crippen LogP contribution in [0.15, 0.2) is 83.8 Å². The summed E-state index contributed by atoms with van der Waals surface area (Å²) >= 11 is 0. The summed E-state index contributed by atoms with van der Waals surface area (Å²) < 4.78 is 33.1. The molecule has 166 valence electrons. The molecule has 1 N–H and O–H groups in total. The third-order valence-corrected chi connectivity index (χ3v) is 7.30. The van der Waals surface area contributed by atoms with Crippen molar-refractivity contribution in [3.05, 3.63) is 78.9 Å². The normalized spacial score (nSPS) is 14.6. The minimum Gasteiger partial charge on any atom is -0.483 e. The largest absolute Gasteiger partial charge is 0.483 e. The second kappa shape index (κ2) is 9.97. The van der Waals surface area contributed by atoms with E-state index in [4.69, 9.17) is 4.74 Å². The summed E-state index contributed by atoms with van der Waals surface area (Å²) in [4.78, 5) is 12.7. The summed E-state index contributed by atoms with van der Waals surface area (Å²) in [6.07, 6.45) is 2.80. The number of benzene rings is 3. The number of nitrogens with zero attached hydrogens (tertiary/aromatic N) is 1. The Balaban J connectivity index is 1.42. The number of anilines is 1. The van der Waals surface area contributed by atoms with E-state index in [-0.39, 0.29) is 17.4 Å². The number of carbonyl (C=O) groups is 1. The van der Waals surface area contributed by atoms with Crippen LogP contribution in [0.1, 0.15) is 19.3 Å². The average Bonchev–Trinajstić information content (AvgIpc) is 2.84. The van der Waals surface area contributed by atoms with Gasteiger partial charge in [0, 0.05) is 24.3 Å². The predicted molar refractivity (Wildman–Crippen MR) is 125 cm³/mol. The van der Waals surface area contributed by atoms with Gasteiger partial charge < -0.3 is 10.1 Å². The lowest BCUT2D eigenvalue weighted by Crippen LogP contribution is -2.35. The van der Waals surface area contributed by atoms with E-state index >= 15 is 0 Å². The summed E-state index contributed by atoms with van der Waals surface area (Å²) in [7, 11) is -3.56. The topological polar surface area (TPSA) is 75.7 Å². The number of ether oxygens (including phenoxy) is 1. The Morgan fingerprint density at radius 2 is 1.59 bits per heavy atom. The van der Waals surface area contributed by atoms with E-state index in [1.54, 1.807) is 18.2 Å². The van der Waals surface area contributed by atoms with Gasteiger partial charge in [-0.2, -0.15) is 4.31 Å². The fourth-order valence-corrected chi connectivity index (χ4v) is 5.34. The summed E-state index contributed by atoms with van der Waals surface area (Å²) in [5.74, 6) is 0.246. The van der Waals surface area contributed by atoms with E-state index in [1.807, 2.05) is 54.6 Å². The SMILES string of the molecule is O=C(COc1ccccc1-c1ccccc1)Nc1cccc(S(=O)(=O)N2CCCCC2)c1.